The number of hydrogen-bond acceptors (Lipinski definition) is 4. The molecule has 0 saturated carbocycles. The van der Waals surface area contributed by atoms with E-state index in [1.807, 2.05) is 27.0 Å². The number of carbonyl (C=O) groups is 1. The molecule has 2 N–H and O–H groups in total. The van der Waals surface area contributed by atoms with Crippen molar-refractivity contribution >= 4 is 17.5 Å². The maximum absolute atomic E-state index is 12.4. The number of carbonyl (C=O) groups excluding carboxylic acids is 1. The van der Waals surface area contributed by atoms with Crippen molar-refractivity contribution in [1.29, 1.82) is 0 Å². The van der Waals surface area contributed by atoms with Crippen LogP contribution >= 0.6 is 0 Å². The van der Waals surface area contributed by atoms with E-state index in [9.17, 15) is 9.70 Å². The van der Waals surface area contributed by atoms with Crippen molar-refractivity contribution in [2.24, 2.45) is 11.8 Å². The Hall–Kier alpha value is -2.18. The van der Waals surface area contributed by atoms with Crippen LogP contribution in [0.2, 0.25) is 0 Å². The highest BCUT2D eigenvalue weighted by Crippen LogP contribution is 2.38. The molecule has 1 amide bonds. The average molecular weight is 391 g/mol. The van der Waals surface area contributed by atoms with Gasteiger partial charge in [-0.15, -0.1) is 0 Å². The number of aryl methyl sites for hydroxylation is 1. The molecule has 2 heterocycles. The Balaban J connectivity index is 1.88. The molecule has 7 nitrogen and oxygen atoms in total. The van der Waals surface area contributed by atoms with E-state index in [0.717, 1.165) is 36.3 Å². The standard InChI is InChI=1S/C21H32N4O3/c1-13-11-25(12-17(14(13)2)23-20(26)28-21(3,4)5)19-15-8-7-9-16(15)22-10-18(19)24(6)27/h10,13-14,17H,7-9,11-12H2,1-6H3/p+2/t13-,14+,17+/m0/s1. The van der Waals surface area contributed by atoms with E-state index in [1.165, 1.54) is 11.3 Å². The van der Waals surface area contributed by atoms with Crippen molar-refractivity contribution < 1.29 is 19.3 Å². The molecule has 0 unspecified atom stereocenters. The van der Waals surface area contributed by atoms with Gasteiger partial charge in [-0.3, -0.25) is 0 Å². The van der Waals surface area contributed by atoms with Gasteiger partial charge in [0, 0.05) is 34.7 Å². The van der Waals surface area contributed by atoms with E-state index in [0.29, 0.717) is 24.1 Å². The van der Waals surface area contributed by atoms with E-state index in [1.54, 1.807) is 7.05 Å². The van der Waals surface area contributed by atoms with Gasteiger partial charge in [0.1, 0.15) is 11.3 Å². The van der Waals surface area contributed by atoms with Crippen LogP contribution in [0, 0.1) is 16.7 Å². The first-order valence-electron chi connectivity index (χ1n) is 10.3. The van der Waals surface area contributed by atoms with E-state index in [-0.39, 0.29) is 12.1 Å². The number of nitroso groups, excluding NO2 is 1. The van der Waals surface area contributed by atoms with Crippen molar-refractivity contribution in [1.82, 2.24) is 5.32 Å². The maximum Gasteiger partial charge on any atom is 0.407 e. The predicted molar refractivity (Wildman–Crippen MR) is 108 cm³/mol. The van der Waals surface area contributed by atoms with E-state index >= 15 is 0 Å². The van der Waals surface area contributed by atoms with E-state index in [2.05, 4.69) is 29.0 Å². The van der Waals surface area contributed by atoms with E-state index < -0.39 is 5.60 Å². The minimum atomic E-state index is -0.526. The summed E-state index contributed by atoms with van der Waals surface area (Å²) in [4.78, 5) is 30.2. The molecule has 3 rings (SSSR count). The van der Waals surface area contributed by atoms with Gasteiger partial charge in [-0.05, 0) is 45.4 Å². The van der Waals surface area contributed by atoms with Crippen LogP contribution in [-0.2, 0) is 17.6 Å². The van der Waals surface area contributed by atoms with Crippen molar-refractivity contribution in [3.8, 4) is 0 Å². The molecule has 1 aliphatic heterocycles. The number of nitrogens with one attached hydrogen (secondary N) is 2. The topological polar surface area (TPSA) is 75.8 Å². The SMILES string of the molecule is C[C@@H]1[C@@H](C)CN(c2c([N+](C)=O)c[nH+]c3c2CCC3)C[C@H]1NC(=O)OC(C)(C)C. The Kier molecular flexibility index (Phi) is 5.64. The number of hydrogen-bond donors (Lipinski definition) is 1. The molecule has 1 saturated heterocycles. The van der Waals surface area contributed by atoms with E-state index in [4.69, 9.17) is 4.74 Å². The maximum atomic E-state index is 12.4. The number of alkyl carbamates (subject to hydrolysis) is 1. The molecule has 0 bridgehead atoms. The quantitative estimate of drug-likeness (QED) is 0.805. The average Bonchev–Trinajstić information content (AvgIpc) is 3.04. The smallest absolute Gasteiger partial charge is 0.407 e. The number of pyridine rings is 1. The number of amides is 1. The second kappa shape index (κ2) is 7.68. The summed E-state index contributed by atoms with van der Waals surface area (Å²) in [6.45, 7) is 11.5. The fraction of sp³-hybridized carbons (Fsp3) is 0.714. The summed E-state index contributed by atoms with van der Waals surface area (Å²) >= 11 is 0. The molecule has 2 aliphatic rings. The van der Waals surface area contributed by atoms with Gasteiger partial charge >= 0.3 is 11.8 Å². The van der Waals surface area contributed by atoms with Gasteiger partial charge in [-0.2, -0.15) is 0 Å². The number of H-pyrrole nitrogens is 1. The van der Waals surface area contributed by atoms with Gasteiger partial charge in [0.15, 0.2) is 12.7 Å². The second-order valence-electron chi connectivity index (χ2n) is 9.32. The Morgan fingerprint density at radius 3 is 2.64 bits per heavy atom. The van der Waals surface area contributed by atoms with Crippen LogP contribution in [0.25, 0.3) is 0 Å². The third-order valence-electron chi connectivity index (χ3n) is 5.94. The van der Waals surface area contributed by atoms with Crippen molar-refractivity contribution in [3.63, 3.8) is 0 Å². The Labute approximate surface area is 167 Å². The zero-order valence-corrected chi connectivity index (χ0v) is 18.0. The van der Waals surface area contributed by atoms with Crippen LogP contribution in [-0.4, -0.2) is 42.6 Å². The van der Waals surface area contributed by atoms with Gasteiger partial charge in [0.2, 0.25) is 6.20 Å². The highest BCUT2D eigenvalue weighted by Gasteiger charge is 2.39. The molecule has 0 radical (unpaired) electrons. The van der Waals surface area contributed by atoms with Gasteiger partial charge in [0.05, 0.1) is 6.04 Å². The normalized spacial score (nSPS) is 24.6. The number of piperidine rings is 1. The Morgan fingerprint density at radius 2 is 2.00 bits per heavy atom. The Bertz CT molecular complexity index is 772. The number of fused-ring (bicyclic) bond motifs is 1. The molecule has 1 fully saturated rings. The van der Waals surface area contributed by atoms with Crippen molar-refractivity contribution in [2.45, 2.75) is 65.5 Å². The van der Waals surface area contributed by atoms with Crippen LogP contribution < -0.4 is 15.2 Å². The van der Waals surface area contributed by atoms with Gasteiger partial charge in [-0.1, -0.05) is 13.8 Å². The van der Waals surface area contributed by atoms with Gasteiger partial charge in [-0.25, -0.2) is 9.78 Å². The lowest BCUT2D eigenvalue weighted by molar-refractivity contribution is -0.450. The lowest BCUT2D eigenvalue weighted by Crippen LogP contribution is -2.56. The summed E-state index contributed by atoms with van der Waals surface area (Å²) in [5.74, 6) is 0.695. The molecule has 0 spiro atoms. The number of aromatic nitrogens is 1. The second-order valence-corrected chi connectivity index (χ2v) is 9.32. The first kappa shape index (κ1) is 20.6. The molecule has 1 aromatic heterocycles. The molecular formula is C21H34N4O3+2. The van der Waals surface area contributed by atoms with Crippen LogP contribution in [0.3, 0.4) is 0 Å². The molecule has 1 aromatic rings. The third-order valence-corrected chi connectivity index (χ3v) is 5.94. The lowest BCUT2D eigenvalue weighted by atomic mass is 9.84. The molecule has 0 aromatic carbocycles. The molecule has 1 aliphatic carbocycles. The fourth-order valence-electron chi connectivity index (χ4n) is 4.34. The molecule has 7 heteroatoms. The number of ether oxygens (including phenoxy) is 1. The van der Waals surface area contributed by atoms with Crippen molar-refractivity contribution in [2.75, 3.05) is 25.0 Å². The summed E-state index contributed by atoms with van der Waals surface area (Å²) in [5.41, 5.74) is 3.64. The minimum Gasteiger partial charge on any atom is -0.444 e. The zero-order valence-electron chi connectivity index (χ0n) is 18.0. The van der Waals surface area contributed by atoms with Crippen LogP contribution in [0.4, 0.5) is 16.2 Å². The van der Waals surface area contributed by atoms with Gasteiger partial charge < -0.3 is 15.0 Å². The number of aromatic amines is 1. The first-order valence-corrected chi connectivity index (χ1v) is 10.3. The van der Waals surface area contributed by atoms with Crippen LogP contribution in [0.5, 0.6) is 0 Å². The number of nitrogens with zero attached hydrogens (tertiary/aromatic N) is 2. The lowest BCUT2D eigenvalue weighted by Gasteiger charge is -2.42. The summed E-state index contributed by atoms with van der Waals surface area (Å²) in [6, 6.07) is -0.0374. The summed E-state index contributed by atoms with van der Waals surface area (Å²) in [6.07, 6.45) is 4.54. The summed E-state index contributed by atoms with van der Waals surface area (Å²) < 4.78 is 6.40. The van der Waals surface area contributed by atoms with Crippen LogP contribution in [0.1, 0.15) is 52.3 Å². The molecule has 28 heavy (non-hydrogen) atoms. The van der Waals surface area contributed by atoms with Crippen molar-refractivity contribution in [3.05, 3.63) is 22.4 Å². The van der Waals surface area contributed by atoms with Crippen LogP contribution in [0.15, 0.2) is 6.20 Å². The summed E-state index contributed by atoms with van der Waals surface area (Å²) in [5, 5.41) is 3.07. The predicted octanol–water partition coefficient (Wildman–Crippen LogP) is 3.02. The molecule has 3 atom stereocenters. The molecule has 154 valence electrons. The monoisotopic (exact) mass is 390 g/mol. The van der Waals surface area contributed by atoms with Gasteiger partial charge in [0.25, 0.3) is 0 Å². The summed E-state index contributed by atoms with van der Waals surface area (Å²) in [7, 11) is 1.54. The fourth-order valence-corrected chi connectivity index (χ4v) is 4.34. The first-order chi connectivity index (χ1) is 13.1. The molecular weight excluding hydrogens is 356 g/mol. The zero-order chi connectivity index (χ0) is 20.6. The number of rotatable bonds is 3. The largest absolute Gasteiger partial charge is 0.444 e. The highest BCUT2D eigenvalue weighted by atomic mass is 16.6. The Morgan fingerprint density at radius 1 is 1.29 bits per heavy atom. The minimum absolute atomic E-state index is 0.0374. The highest BCUT2D eigenvalue weighted by molar-refractivity contribution is 5.70. The third kappa shape index (κ3) is 4.28. The number of anilines is 1.